The summed E-state index contributed by atoms with van der Waals surface area (Å²) < 4.78 is 0. The Hall–Kier alpha value is -2.44. The fourth-order valence-electron chi connectivity index (χ4n) is 4.03. The van der Waals surface area contributed by atoms with Gasteiger partial charge in [0.1, 0.15) is 0 Å². The number of carbonyl (C=O) groups excluding carboxylic acids is 2. The molecule has 2 amide bonds. The smallest absolute Gasteiger partial charge is 0.254 e. The first kappa shape index (κ1) is 19.3. The van der Waals surface area contributed by atoms with E-state index in [0.717, 1.165) is 18.6 Å². The van der Waals surface area contributed by atoms with E-state index in [1.807, 2.05) is 4.90 Å². The van der Waals surface area contributed by atoms with Crippen LogP contribution >= 0.6 is 0 Å². The van der Waals surface area contributed by atoms with Crippen LogP contribution in [-0.4, -0.2) is 63.1 Å². The first-order valence-corrected chi connectivity index (χ1v) is 9.77. The molecule has 0 radical (unpaired) electrons. The molecule has 1 heterocycles. The van der Waals surface area contributed by atoms with Gasteiger partial charge in [-0.15, -0.1) is 0 Å². The van der Waals surface area contributed by atoms with Crippen molar-refractivity contribution >= 4 is 11.8 Å². The third-order valence-corrected chi connectivity index (χ3v) is 5.73. The summed E-state index contributed by atoms with van der Waals surface area (Å²) in [6, 6.07) is 2.28. The van der Waals surface area contributed by atoms with E-state index < -0.39 is 17.2 Å². The molecule has 1 aromatic rings. The van der Waals surface area contributed by atoms with Gasteiger partial charge in [0, 0.05) is 38.2 Å². The van der Waals surface area contributed by atoms with Crippen molar-refractivity contribution in [3.63, 3.8) is 0 Å². The lowest BCUT2D eigenvalue weighted by molar-refractivity contribution is -0.133. The molecule has 0 unspecified atom stereocenters. The van der Waals surface area contributed by atoms with Crippen LogP contribution in [0.2, 0.25) is 0 Å². The topological polar surface area (TPSA) is 101 Å². The summed E-state index contributed by atoms with van der Waals surface area (Å²) in [6.07, 6.45) is 7.90. The van der Waals surface area contributed by atoms with Crippen molar-refractivity contribution in [3.05, 3.63) is 17.7 Å². The van der Waals surface area contributed by atoms with Gasteiger partial charge < -0.3 is 25.1 Å². The van der Waals surface area contributed by atoms with Crippen LogP contribution in [0.3, 0.4) is 0 Å². The van der Waals surface area contributed by atoms with Gasteiger partial charge in [-0.05, 0) is 24.5 Å². The lowest BCUT2D eigenvalue weighted by Crippen LogP contribution is -2.50. The highest BCUT2D eigenvalue weighted by Crippen LogP contribution is 2.35. The number of nitrogens with zero attached hydrogens (tertiary/aromatic N) is 2. The first-order valence-electron chi connectivity index (χ1n) is 9.77. The Bertz CT molecular complexity index is 669. The minimum absolute atomic E-state index is 0.111. The molecule has 148 valence electrons. The molecule has 0 spiro atoms. The third kappa shape index (κ3) is 4.64. The number of hydrogen-bond donors (Lipinski definition) is 3. The minimum Gasteiger partial charge on any atom is -0.504 e. The Labute approximate surface area is 159 Å². The van der Waals surface area contributed by atoms with Crippen LogP contribution in [0.4, 0.5) is 0 Å². The van der Waals surface area contributed by atoms with Crippen LogP contribution in [0.25, 0.3) is 0 Å². The van der Waals surface area contributed by atoms with Crippen LogP contribution in [0.15, 0.2) is 12.1 Å². The number of phenols is 3. The van der Waals surface area contributed by atoms with Crippen molar-refractivity contribution in [1.29, 1.82) is 0 Å². The Morgan fingerprint density at radius 3 is 2.04 bits per heavy atom. The molecular weight excluding hydrogens is 348 g/mol. The van der Waals surface area contributed by atoms with E-state index in [1.165, 1.54) is 32.1 Å². The Morgan fingerprint density at radius 1 is 0.889 bits per heavy atom. The normalized spacial score (nSPS) is 18.5. The van der Waals surface area contributed by atoms with E-state index in [1.54, 1.807) is 4.90 Å². The lowest BCUT2D eigenvalue weighted by Gasteiger charge is -2.35. The van der Waals surface area contributed by atoms with Gasteiger partial charge in [0.25, 0.3) is 5.91 Å². The fraction of sp³-hybridized carbons (Fsp3) is 0.600. The quantitative estimate of drug-likeness (QED) is 0.701. The van der Waals surface area contributed by atoms with Crippen molar-refractivity contribution in [2.24, 2.45) is 5.92 Å². The molecule has 27 heavy (non-hydrogen) atoms. The molecule has 0 bridgehead atoms. The van der Waals surface area contributed by atoms with Gasteiger partial charge in [-0.3, -0.25) is 9.59 Å². The molecule has 0 aromatic heterocycles. The first-order chi connectivity index (χ1) is 13.0. The maximum Gasteiger partial charge on any atom is 0.254 e. The number of phenolic OH excluding ortho intramolecular Hbond substituents is 3. The molecule has 3 rings (SSSR count). The number of piperazine rings is 1. The van der Waals surface area contributed by atoms with Gasteiger partial charge in [-0.25, -0.2) is 0 Å². The summed E-state index contributed by atoms with van der Waals surface area (Å²) in [6.45, 7) is 1.81. The molecule has 1 aliphatic carbocycles. The van der Waals surface area contributed by atoms with Gasteiger partial charge in [0.2, 0.25) is 5.91 Å². The van der Waals surface area contributed by atoms with Crippen LogP contribution < -0.4 is 0 Å². The number of carbonyl (C=O) groups is 2. The summed E-state index contributed by atoms with van der Waals surface area (Å²) in [7, 11) is 0. The second-order valence-corrected chi connectivity index (χ2v) is 7.58. The molecule has 2 aliphatic rings. The number of hydrogen-bond acceptors (Lipinski definition) is 5. The van der Waals surface area contributed by atoms with E-state index in [0.29, 0.717) is 38.5 Å². The number of aromatic hydroxyl groups is 3. The van der Waals surface area contributed by atoms with Crippen LogP contribution in [0.5, 0.6) is 17.2 Å². The Balaban J connectivity index is 1.49. The Morgan fingerprint density at radius 2 is 1.44 bits per heavy atom. The molecule has 7 nitrogen and oxygen atoms in total. The number of amides is 2. The van der Waals surface area contributed by atoms with Gasteiger partial charge >= 0.3 is 0 Å². The van der Waals surface area contributed by atoms with Crippen molar-refractivity contribution < 1.29 is 24.9 Å². The fourth-order valence-corrected chi connectivity index (χ4v) is 4.03. The van der Waals surface area contributed by atoms with E-state index in [2.05, 4.69) is 0 Å². The molecular formula is C20H28N2O5. The highest BCUT2D eigenvalue weighted by molar-refractivity contribution is 5.95. The van der Waals surface area contributed by atoms with Crippen molar-refractivity contribution in [2.75, 3.05) is 26.2 Å². The van der Waals surface area contributed by atoms with Gasteiger partial charge in [-0.2, -0.15) is 0 Å². The highest BCUT2D eigenvalue weighted by atomic mass is 16.3. The SMILES string of the molecule is O=C(CCC1CCCCC1)N1CCN(C(=O)c2cc(O)c(O)c(O)c2)CC1. The Kier molecular flexibility index (Phi) is 6.08. The standard InChI is InChI=1S/C20H28N2O5/c23-16-12-15(13-17(24)19(16)26)20(27)22-10-8-21(9-11-22)18(25)7-6-14-4-2-1-3-5-14/h12-14,23-24,26H,1-11H2. The maximum atomic E-state index is 12.5. The largest absolute Gasteiger partial charge is 0.504 e. The molecule has 1 aromatic carbocycles. The predicted octanol–water partition coefficient (Wildman–Crippen LogP) is 2.45. The minimum atomic E-state index is -0.639. The summed E-state index contributed by atoms with van der Waals surface area (Å²) in [5, 5.41) is 28.5. The van der Waals surface area contributed by atoms with Gasteiger partial charge in [0.15, 0.2) is 17.2 Å². The van der Waals surface area contributed by atoms with Crippen LogP contribution in [0, 0.1) is 5.92 Å². The third-order valence-electron chi connectivity index (χ3n) is 5.73. The van der Waals surface area contributed by atoms with Gasteiger partial charge in [-0.1, -0.05) is 32.1 Å². The zero-order chi connectivity index (χ0) is 19.4. The van der Waals surface area contributed by atoms with Crippen molar-refractivity contribution in [3.8, 4) is 17.2 Å². The molecule has 2 fully saturated rings. The average molecular weight is 376 g/mol. The highest BCUT2D eigenvalue weighted by Gasteiger charge is 2.26. The van der Waals surface area contributed by atoms with Crippen molar-refractivity contribution in [2.45, 2.75) is 44.9 Å². The molecule has 1 saturated carbocycles. The average Bonchev–Trinajstić information content (AvgIpc) is 2.70. The lowest BCUT2D eigenvalue weighted by atomic mass is 9.86. The van der Waals surface area contributed by atoms with Crippen molar-refractivity contribution in [1.82, 2.24) is 9.80 Å². The number of benzene rings is 1. The zero-order valence-corrected chi connectivity index (χ0v) is 15.6. The molecule has 7 heteroatoms. The van der Waals surface area contributed by atoms with Crippen LogP contribution in [0.1, 0.15) is 55.3 Å². The maximum absolute atomic E-state index is 12.5. The summed E-state index contributed by atoms with van der Waals surface area (Å²) >= 11 is 0. The summed E-state index contributed by atoms with van der Waals surface area (Å²) in [5.74, 6) is -1.20. The van der Waals surface area contributed by atoms with Gasteiger partial charge in [0.05, 0.1) is 0 Å². The second kappa shape index (κ2) is 8.50. The number of rotatable bonds is 4. The predicted molar refractivity (Wildman–Crippen MR) is 99.7 cm³/mol. The zero-order valence-electron chi connectivity index (χ0n) is 15.6. The van der Waals surface area contributed by atoms with E-state index in [4.69, 9.17) is 0 Å². The monoisotopic (exact) mass is 376 g/mol. The van der Waals surface area contributed by atoms with E-state index in [9.17, 15) is 24.9 Å². The summed E-state index contributed by atoms with van der Waals surface area (Å²) in [5.41, 5.74) is 0.111. The molecule has 1 aliphatic heterocycles. The van der Waals surface area contributed by atoms with E-state index in [-0.39, 0.29) is 17.4 Å². The molecule has 0 atom stereocenters. The second-order valence-electron chi connectivity index (χ2n) is 7.58. The summed E-state index contributed by atoms with van der Waals surface area (Å²) in [4.78, 5) is 28.4. The van der Waals surface area contributed by atoms with Crippen LogP contribution in [-0.2, 0) is 4.79 Å². The molecule has 1 saturated heterocycles. The molecule has 3 N–H and O–H groups in total. The van der Waals surface area contributed by atoms with E-state index >= 15 is 0 Å².